The molecule has 0 radical (unpaired) electrons. The van der Waals surface area contributed by atoms with E-state index in [4.69, 9.17) is 5.41 Å². The Morgan fingerprint density at radius 2 is 1.77 bits per heavy atom. The molecule has 0 aliphatic rings. The second kappa shape index (κ2) is 10.7. The van der Waals surface area contributed by atoms with Crippen molar-refractivity contribution in [3.8, 4) is 0 Å². The van der Waals surface area contributed by atoms with Crippen molar-refractivity contribution in [2.24, 2.45) is 0 Å². The van der Waals surface area contributed by atoms with Crippen molar-refractivity contribution >= 4 is 44.6 Å². The third-order valence-electron chi connectivity index (χ3n) is 5.49. The highest BCUT2D eigenvalue weighted by molar-refractivity contribution is 7.92. The number of sulfonamides is 1. The number of carbonyl (C=O) groups is 1. The van der Waals surface area contributed by atoms with E-state index in [1.807, 2.05) is 4.72 Å². The van der Waals surface area contributed by atoms with E-state index in [1.165, 1.54) is 6.20 Å². The molecule has 10 nitrogen and oxygen atoms in total. The number of halogens is 5. The summed E-state index contributed by atoms with van der Waals surface area (Å²) in [7, 11) is -3.05. The van der Waals surface area contributed by atoms with Crippen molar-refractivity contribution in [3.63, 3.8) is 0 Å². The molecule has 0 bridgehead atoms. The van der Waals surface area contributed by atoms with Gasteiger partial charge in [0.05, 0.1) is 38.4 Å². The van der Waals surface area contributed by atoms with E-state index < -0.39 is 55.3 Å². The van der Waals surface area contributed by atoms with E-state index >= 15 is 4.39 Å². The van der Waals surface area contributed by atoms with Crippen LogP contribution in [0, 0.1) is 17.0 Å². The van der Waals surface area contributed by atoms with Gasteiger partial charge in [-0.1, -0.05) is 0 Å². The fourth-order valence-electron chi connectivity index (χ4n) is 3.64. The first-order valence-electron chi connectivity index (χ1n) is 11.1. The Kier molecular flexibility index (Phi) is 7.55. The lowest BCUT2D eigenvalue weighted by molar-refractivity contribution is -0.137. The van der Waals surface area contributed by atoms with E-state index in [2.05, 4.69) is 25.6 Å². The zero-order valence-electron chi connectivity index (χ0n) is 20.2. The lowest BCUT2D eigenvalue weighted by Crippen LogP contribution is -2.17. The topological polar surface area (TPSA) is 153 Å². The number of alkyl halides is 3. The minimum absolute atomic E-state index is 0.0274. The van der Waals surface area contributed by atoms with Crippen LogP contribution in [-0.4, -0.2) is 42.4 Å². The van der Waals surface area contributed by atoms with E-state index in [0.29, 0.717) is 30.3 Å². The van der Waals surface area contributed by atoms with Crippen LogP contribution in [0.3, 0.4) is 0 Å². The van der Waals surface area contributed by atoms with Crippen LogP contribution in [0.2, 0.25) is 0 Å². The highest BCUT2D eigenvalue weighted by Gasteiger charge is 2.31. The highest BCUT2D eigenvalue weighted by atomic mass is 32.2. The molecule has 4 rings (SSSR count). The first kappa shape index (κ1) is 28.2. The van der Waals surface area contributed by atoms with Gasteiger partial charge in [-0.25, -0.2) is 27.2 Å². The number of carbonyl (C=O) groups excluding carboxylic acids is 1. The summed E-state index contributed by atoms with van der Waals surface area (Å²) in [6, 6.07) is 3.80. The molecule has 16 heteroatoms. The zero-order chi connectivity index (χ0) is 29.2. The Labute approximate surface area is 222 Å². The number of H-pyrrole nitrogens is 1. The van der Waals surface area contributed by atoms with Gasteiger partial charge in [0.2, 0.25) is 5.78 Å². The first-order chi connectivity index (χ1) is 18.9. The molecule has 0 aliphatic heterocycles. The van der Waals surface area contributed by atoms with Crippen molar-refractivity contribution in [1.82, 2.24) is 20.3 Å². The molecule has 5 N–H and O–H groups in total. The molecule has 0 amide bonds. The Morgan fingerprint density at radius 3 is 2.40 bits per heavy atom. The smallest absolute Gasteiger partial charge is 0.392 e. The molecule has 40 heavy (non-hydrogen) atoms. The molecule has 0 saturated heterocycles. The number of rotatable bonds is 9. The number of nitrogens with zero attached hydrogens (tertiary/aromatic N) is 2. The van der Waals surface area contributed by atoms with Crippen molar-refractivity contribution in [2.75, 3.05) is 17.1 Å². The van der Waals surface area contributed by atoms with Crippen molar-refractivity contribution in [2.45, 2.75) is 11.1 Å². The van der Waals surface area contributed by atoms with Crippen LogP contribution in [0.25, 0.3) is 11.0 Å². The molecule has 4 aromatic rings. The Hall–Kier alpha value is -4.86. The maximum absolute atomic E-state index is 15.5. The normalized spacial score (nSPS) is 12.3. The minimum atomic E-state index is -4.71. The van der Waals surface area contributed by atoms with E-state index in [0.717, 1.165) is 24.8 Å². The number of aromatic amines is 1. The van der Waals surface area contributed by atoms with Gasteiger partial charge >= 0.3 is 6.18 Å². The second-order valence-corrected chi connectivity index (χ2v) is 9.73. The SMILES string of the molecule is CN/C=C(\C=N)Nc1ncnc2[nH]cc(C(=O)c3c(F)ccc(NS(=O)(=O)c4ccc(C(F)(F)F)cc4)c3F)c12. The van der Waals surface area contributed by atoms with Crippen LogP contribution in [0.1, 0.15) is 21.5 Å². The van der Waals surface area contributed by atoms with E-state index in [-0.39, 0.29) is 28.1 Å². The molecule has 2 heterocycles. The van der Waals surface area contributed by atoms with Gasteiger partial charge in [-0.15, -0.1) is 0 Å². The van der Waals surface area contributed by atoms with Crippen LogP contribution in [-0.2, 0) is 16.2 Å². The number of allylic oxidation sites excluding steroid dienone is 1. The monoisotopic (exact) mass is 579 g/mol. The number of benzene rings is 2. The van der Waals surface area contributed by atoms with Gasteiger partial charge in [0, 0.05) is 25.7 Å². The van der Waals surface area contributed by atoms with Crippen LogP contribution >= 0.6 is 0 Å². The van der Waals surface area contributed by atoms with E-state index in [1.54, 1.807) is 7.05 Å². The number of anilines is 2. The summed E-state index contributed by atoms with van der Waals surface area (Å²) in [6.07, 6.45) is -0.0588. The number of nitrogens with one attached hydrogen (secondary N) is 5. The molecule has 0 saturated carbocycles. The number of fused-ring (bicyclic) bond motifs is 1. The number of hydrogen-bond acceptors (Lipinski definition) is 8. The summed E-state index contributed by atoms with van der Waals surface area (Å²) in [5.74, 6) is -4.03. The maximum Gasteiger partial charge on any atom is 0.416 e. The van der Waals surface area contributed by atoms with Crippen LogP contribution in [0.4, 0.5) is 33.5 Å². The number of aromatic nitrogens is 3. The molecular weight excluding hydrogens is 561 g/mol. The molecule has 0 unspecified atom stereocenters. The molecule has 0 fully saturated rings. The van der Waals surface area contributed by atoms with Crippen molar-refractivity contribution < 1.29 is 35.2 Å². The summed E-state index contributed by atoms with van der Waals surface area (Å²) >= 11 is 0. The Balaban J connectivity index is 1.73. The molecule has 0 aliphatic carbocycles. The minimum Gasteiger partial charge on any atom is -0.392 e. The Morgan fingerprint density at radius 1 is 1.07 bits per heavy atom. The van der Waals surface area contributed by atoms with Gasteiger partial charge in [-0.05, 0) is 36.4 Å². The molecule has 2 aromatic heterocycles. The van der Waals surface area contributed by atoms with Crippen molar-refractivity contribution in [1.29, 1.82) is 5.41 Å². The van der Waals surface area contributed by atoms with Crippen LogP contribution in [0.15, 0.2) is 65.7 Å². The predicted molar refractivity (Wildman–Crippen MR) is 135 cm³/mol. The summed E-state index contributed by atoms with van der Waals surface area (Å²) in [6.45, 7) is 0. The predicted octanol–water partition coefficient (Wildman–Crippen LogP) is 4.41. The fourth-order valence-corrected chi connectivity index (χ4v) is 4.70. The molecule has 0 atom stereocenters. The fraction of sp³-hybridized carbons (Fsp3) is 0.0833. The summed E-state index contributed by atoms with van der Waals surface area (Å²) < 4.78 is 96.0. The quantitative estimate of drug-likeness (QED) is 0.112. The van der Waals surface area contributed by atoms with Crippen LogP contribution < -0.4 is 15.4 Å². The summed E-state index contributed by atoms with van der Waals surface area (Å²) in [5, 5.41) is 13.0. The zero-order valence-corrected chi connectivity index (χ0v) is 21.0. The summed E-state index contributed by atoms with van der Waals surface area (Å²) in [5.41, 5.74) is -2.96. The van der Waals surface area contributed by atoms with Crippen LogP contribution in [0.5, 0.6) is 0 Å². The summed E-state index contributed by atoms with van der Waals surface area (Å²) in [4.78, 5) is 23.5. The van der Waals surface area contributed by atoms with Crippen molar-refractivity contribution in [3.05, 3.63) is 89.1 Å². The molecule has 208 valence electrons. The molecular formula is C24H18F5N7O3S. The average Bonchev–Trinajstić information content (AvgIpc) is 3.35. The lowest BCUT2D eigenvalue weighted by atomic mass is 10.0. The number of hydrogen-bond donors (Lipinski definition) is 5. The molecule has 2 aromatic carbocycles. The second-order valence-electron chi connectivity index (χ2n) is 8.05. The van der Waals surface area contributed by atoms with Gasteiger partial charge in [-0.2, -0.15) is 13.2 Å². The van der Waals surface area contributed by atoms with Gasteiger partial charge in [-0.3, -0.25) is 9.52 Å². The lowest BCUT2D eigenvalue weighted by Gasteiger charge is -2.13. The standard InChI is InChI=1S/C24H18F5N7O3S/c1-31-9-13(8-30)35-23-18-15(10-32-22(18)33-11-34-23)21(37)19-16(25)6-7-17(20(19)26)36-40(38,39)14-4-2-12(3-5-14)24(27,28)29/h2-11,30-31,36H,1H3,(H2,32,33,34,35)/b13-9+,30-8?. The van der Waals surface area contributed by atoms with Gasteiger partial charge in [0.1, 0.15) is 23.6 Å². The highest BCUT2D eigenvalue weighted by Crippen LogP contribution is 2.32. The third-order valence-corrected chi connectivity index (χ3v) is 6.87. The Bertz CT molecular complexity index is 1750. The van der Waals surface area contributed by atoms with Gasteiger partial charge in [0.15, 0.2) is 5.82 Å². The first-order valence-corrected chi connectivity index (χ1v) is 12.6. The number of ketones is 1. The maximum atomic E-state index is 15.5. The van der Waals surface area contributed by atoms with Gasteiger partial charge in [0.25, 0.3) is 10.0 Å². The molecule has 0 spiro atoms. The average molecular weight is 580 g/mol. The third kappa shape index (κ3) is 5.47. The van der Waals surface area contributed by atoms with E-state index in [9.17, 15) is 30.8 Å². The van der Waals surface area contributed by atoms with Gasteiger partial charge < -0.3 is 21.0 Å². The largest absolute Gasteiger partial charge is 0.416 e.